The number of rotatable bonds is 14. The molecule has 0 aromatic heterocycles. The molecule has 3 aromatic carbocycles. The molecule has 10 nitrogen and oxygen atoms in total. The number of nitrogens with one attached hydrogen (secondary N) is 2. The minimum atomic E-state index is -1.21. The molecule has 0 bridgehead atoms. The van der Waals surface area contributed by atoms with Crippen LogP contribution in [0, 0.1) is 29.6 Å². The number of piperidine rings is 1. The van der Waals surface area contributed by atoms with Crippen molar-refractivity contribution in [1.82, 2.24) is 10.6 Å². The first-order valence-electron chi connectivity index (χ1n) is 21.2. The molecule has 9 unspecified atom stereocenters. The zero-order chi connectivity index (χ0) is 40.8. The Balaban J connectivity index is 1.06. The minimum absolute atomic E-state index is 0.0401. The average molecular weight is 790 g/mol. The van der Waals surface area contributed by atoms with E-state index in [9.17, 15) is 30.0 Å². The van der Waals surface area contributed by atoms with Gasteiger partial charge in [-0.15, -0.1) is 0 Å². The topological polar surface area (TPSA) is 174 Å². The number of fused-ring (bicyclic) bond motifs is 3. The predicted molar refractivity (Wildman–Crippen MR) is 225 cm³/mol. The normalized spacial score (nSPS) is 25.5. The van der Waals surface area contributed by atoms with E-state index in [1.165, 1.54) is 7.11 Å². The van der Waals surface area contributed by atoms with E-state index in [1.54, 1.807) is 12.1 Å². The van der Waals surface area contributed by atoms with Crippen LogP contribution in [0.4, 0.5) is 0 Å². The fourth-order valence-electron chi connectivity index (χ4n) is 9.68. The van der Waals surface area contributed by atoms with Crippen molar-refractivity contribution >= 4 is 22.3 Å². The number of aromatic hydroxyl groups is 1. The molecule has 0 amide bonds. The van der Waals surface area contributed by atoms with E-state index in [0.717, 1.165) is 66.1 Å². The Labute approximate surface area is 341 Å². The Hall–Kier alpha value is -4.66. The highest BCUT2D eigenvalue weighted by Crippen LogP contribution is 2.39. The zero-order valence-corrected chi connectivity index (χ0v) is 33.5. The van der Waals surface area contributed by atoms with Crippen molar-refractivity contribution in [2.45, 2.75) is 113 Å². The number of hydrogen-bond acceptors (Lipinski definition) is 10. The summed E-state index contributed by atoms with van der Waals surface area (Å²) in [6.45, 7) is 1.47. The van der Waals surface area contributed by atoms with Gasteiger partial charge in [0.1, 0.15) is 11.7 Å². The summed E-state index contributed by atoms with van der Waals surface area (Å²) in [5, 5.41) is 54.7. The molecule has 2 aliphatic heterocycles. The van der Waals surface area contributed by atoms with Gasteiger partial charge in [-0.1, -0.05) is 73.2 Å². The van der Waals surface area contributed by atoms with Crippen molar-refractivity contribution in [1.29, 1.82) is 0 Å². The number of unbranched alkanes of at least 4 members (excludes halogenated alkanes) is 1. The molecule has 1 saturated carbocycles. The van der Waals surface area contributed by atoms with Crippen LogP contribution in [0.1, 0.15) is 99.2 Å². The quantitative estimate of drug-likeness (QED) is 0.0799. The summed E-state index contributed by atoms with van der Waals surface area (Å²) in [5.74, 6) is 6.62. The Bertz CT molecular complexity index is 2080. The Morgan fingerprint density at radius 3 is 2.60 bits per heavy atom. The molecule has 7 rings (SSSR count). The number of hydrogen-bond donors (Lipinski definition) is 7. The fourth-order valence-corrected chi connectivity index (χ4v) is 9.68. The SMILES string of the molecule is COc1cc2c(cc1O)C(CC(O)C(O)CC(C1=CCNC(N)=C1)c1ccc3ccccc3c1)C#CC(C(O)CCCCC1CNC3CC(=O)CCC3C1)C(=O)CC2. The molecule has 308 valence electrons. The number of aliphatic hydroxyl groups excluding tert-OH is 3. The van der Waals surface area contributed by atoms with Crippen molar-refractivity contribution in [2.75, 3.05) is 20.2 Å². The first-order chi connectivity index (χ1) is 28.1. The number of aliphatic hydroxyl groups is 3. The van der Waals surface area contributed by atoms with Gasteiger partial charge < -0.3 is 41.5 Å². The number of ketones is 2. The second-order valence-corrected chi connectivity index (χ2v) is 17.0. The van der Waals surface area contributed by atoms with E-state index >= 15 is 0 Å². The van der Waals surface area contributed by atoms with Gasteiger partial charge in [0.25, 0.3) is 0 Å². The van der Waals surface area contributed by atoms with E-state index < -0.39 is 30.1 Å². The lowest BCUT2D eigenvalue weighted by Gasteiger charge is -2.39. The standard InChI is InChI=1S/C48H59N3O7/c1-58-47-23-34-14-17-43(54)38(42(53)9-5-2-6-29-20-36-12-15-37(52)25-41(36)51-28-29)16-13-33(40(34)27-46(47)57)22-44(55)45(56)26-39(35-18-19-50-48(49)24-35)32-11-10-30-7-3-4-8-31(30)21-32/h3-4,7-8,10-11,18,21,23-24,27,29,33,36,38-39,41-42,44-45,50-51,53,55-57H,2,5-6,9,12,14-15,17,19-20,22,25-26,28,49H2,1H3. The van der Waals surface area contributed by atoms with Gasteiger partial charge in [-0.2, -0.15) is 0 Å². The summed E-state index contributed by atoms with van der Waals surface area (Å²) >= 11 is 0. The maximum Gasteiger partial charge on any atom is 0.160 e. The molecular weight excluding hydrogens is 731 g/mol. The van der Waals surface area contributed by atoms with Gasteiger partial charge in [0.2, 0.25) is 0 Å². The van der Waals surface area contributed by atoms with E-state index in [-0.39, 0.29) is 42.5 Å². The number of dihydropyridines is 1. The van der Waals surface area contributed by atoms with Crippen molar-refractivity contribution in [3.05, 3.63) is 94.8 Å². The van der Waals surface area contributed by atoms with Gasteiger partial charge in [0.05, 0.1) is 31.2 Å². The number of benzene rings is 3. The number of Topliss-reactive ketones (excluding diaryl/α,β-unsaturated/α-hetero) is 2. The molecule has 58 heavy (non-hydrogen) atoms. The molecule has 0 radical (unpaired) electrons. The highest BCUT2D eigenvalue weighted by molar-refractivity contribution is 5.85. The molecule has 9 atom stereocenters. The number of carbonyl (C=O) groups excluding carboxylic acids is 2. The molecule has 2 heterocycles. The fraction of sp³-hybridized carbons (Fsp3) is 0.500. The third-order valence-corrected chi connectivity index (χ3v) is 13.0. The molecule has 4 aliphatic rings. The van der Waals surface area contributed by atoms with Gasteiger partial charge >= 0.3 is 0 Å². The van der Waals surface area contributed by atoms with Crippen molar-refractivity contribution in [3.8, 4) is 23.3 Å². The van der Waals surface area contributed by atoms with Crippen LogP contribution in [0.25, 0.3) is 10.8 Å². The van der Waals surface area contributed by atoms with Crippen LogP contribution in [0.2, 0.25) is 0 Å². The van der Waals surface area contributed by atoms with Crippen LogP contribution < -0.4 is 21.1 Å². The molecule has 10 heteroatoms. The summed E-state index contributed by atoms with van der Waals surface area (Å²) in [7, 11) is 1.47. The predicted octanol–water partition coefficient (Wildman–Crippen LogP) is 5.66. The number of nitrogens with two attached hydrogens (primary N) is 1. The number of aryl methyl sites for hydroxylation is 1. The first-order valence-corrected chi connectivity index (χ1v) is 21.2. The lowest BCUT2D eigenvalue weighted by Crippen LogP contribution is -2.48. The Morgan fingerprint density at radius 2 is 1.79 bits per heavy atom. The molecule has 3 aromatic rings. The summed E-state index contributed by atoms with van der Waals surface area (Å²) in [6.07, 6.45) is 7.99. The Morgan fingerprint density at radius 1 is 0.966 bits per heavy atom. The molecule has 2 fully saturated rings. The summed E-state index contributed by atoms with van der Waals surface area (Å²) < 4.78 is 5.42. The molecule has 2 aliphatic carbocycles. The zero-order valence-electron chi connectivity index (χ0n) is 33.5. The number of carbonyl (C=O) groups is 2. The summed E-state index contributed by atoms with van der Waals surface area (Å²) in [5.41, 5.74) is 9.56. The van der Waals surface area contributed by atoms with E-state index in [4.69, 9.17) is 10.5 Å². The van der Waals surface area contributed by atoms with Gasteiger partial charge in [0, 0.05) is 43.7 Å². The third-order valence-electron chi connectivity index (χ3n) is 13.0. The maximum absolute atomic E-state index is 13.7. The molecule has 8 N–H and O–H groups in total. The van der Waals surface area contributed by atoms with Crippen molar-refractivity contribution in [2.24, 2.45) is 23.5 Å². The third kappa shape index (κ3) is 9.95. The van der Waals surface area contributed by atoms with E-state index in [1.807, 2.05) is 18.2 Å². The van der Waals surface area contributed by atoms with Gasteiger partial charge in [-0.25, -0.2) is 0 Å². The lowest BCUT2D eigenvalue weighted by atomic mass is 9.74. The summed E-state index contributed by atoms with van der Waals surface area (Å²) in [6, 6.07) is 18.0. The van der Waals surface area contributed by atoms with Crippen LogP contribution in [-0.2, 0) is 16.0 Å². The largest absolute Gasteiger partial charge is 0.504 e. The van der Waals surface area contributed by atoms with Crippen molar-refractivity contribution < 1.29 is 34.8 Å². The van der Waals surface area contributed by atoms with Gasteiger partial charge in [0.15, 0.2) is 17.3 Å². The van der Waals surface area contributed by atoms with Crippen LogP contribution in [0.5, 0.6) is 11.5 Å². The van der Waals surface area contributed by atoms with Crippen LogP contribution >= 0.6 is 0 Å². The van der Waals surface area contributed by atoms with Gasteiger partial charge in [-0.05, 0) is 115 Å². The smallest absolute Gasteiger partial charge is 0.160 e. The highest BCUT2D eigenvalue weighted by Gasteiger charge is 2.35. The molecule has 0 spiro atoms. The van der Waals surface area contributed by atoms with Gasteiger partial charge in [-0.3, -0.25) is 9.59 Å². The monoisotopic (exact) mass is 789 g/mol. The van der Waals surface area contributed by atoms with Crippen LogP contribution in [0.3, 0.4) is 0 Å². The summed E-state index contributed by atoms with van der Waals surface area (Å²) in [4.78, 5) is 25.6. The van der Waals surface area contributed by atoms with Crippen LogP contribution in [-0.4, -0.2) is 76.5 Å². The second kappa shape index (κ2) is 18.9. The number of phenolic OH excluding ortho intramolecular Hbond substituents is 1. The second-order valence-electron chi connectivity index (χ2n) is 17.0. The van der Waals surface area contributed by atoms with E-state index in [0.29, 0.717) is 67.3 Å². The first kappa shape index (κ1) is 41.5. The molecule has 1 saturated heterocycles. The number of allylic oxidation sites excluding steroid dienone is 2. The number of phenols is 1. The maximum atomic E-state index is 13.7. The Kier molecular flexibility index (Phi) is 13.6. The minimum Gasteiger partial charge on any atom is -0.504 e. The lowest BCUT2D eigenvalue weighted by molar-refractivity contribution is -0.124. The number of ether oxygens (including phenoxy) is 1. The van der Waals surface area contributed by atoms with Crippen LogP contribution in [0.15, 0.2) is 78.1 Å². The van der Waals surface area contributed by atoms with Crippen molar-refractivity contribution in [3.63, 3.8) is 0 Å². The van der Waals surface area contributed by atoms with E-state index in [2.05, 4.69) is 58.9 Å². The highest BCUT2D eigenvalue weighted by atomic mass is 16.5. The molecular formula is C48H59N3O7. The number of methoxy groups -OCH3 is 1. The average Bonchev–Trinajstić information content (AvgIpc) is 3.28.